The number of hydrogen-bond acceptors (Lipinski definition) is 3. The number of benzene rings is 1. The van der Waals surface area contributed by atoms with Crippen molar-refractivity contribution in [3.8, 4) is 0 Å². The fourth-order valence-electron chi connectivity index (χ4n) is 1.66. The first-order valence-corrected chi connectivity index (χ1v) is 6.78. The molecule has 1 aromatic heterocycles. The third-order valence-electron chi connectivity index (χ3n) is 2.53. The van der Waals surface area contributed by atoms with Gasteiger partial charge in [-0.15, -0.1) is 11.8 Å². The van der Waals surface area contributed by atoms with Crippen LogP contribution in [0.4, 0.5) is 0 Å². The van der Waals surface area contributed by atoms with E-state index in [-0.39, 0.29) is 6.61 Å². The highest BCUT2D eigenvalue weighted by Gasteiger charge is 2.07. The molecule has 2 aromatic rings. The number of halogens is 1. The van der Waals surface area contributed by atoms with Gasteiger partial charge in [0.05, 0.1) is 5.52 Å². The highest BCUT2D eigenvalue weighted by Crippen LogP contribution is 2.31. The summed E-state index contributed by atoms with van der Waals surface area (Å²) in [5.41, 5.74) is 0.915. The van der Waals surface area contributed by atoms with Crippen molar-refractivity contribution in [1.29, 1.82) is 0 Å². The van der Waals surface area contributed by atoms with Crippen molar-refractivity contribution >= 4 is 34.3 Å². The van der Waals surface area contributed by atoms with Crippen molar-refractivity contribution in [3.05, 3.63) is 35.5 Å². The van der Waals surface area contributed by atoms with Gasteiger partial charge >= 0.3 is 0 Å². The van der Waals surface area contributed by atoms with E-state index < -0.39 is 0 Å². The van der Waals surface area contributed by atoms with E-state index in [9.17, 15) is 0 Å². The van der Waals surface area contributed by atoms with Crippen molar-refractivity contribution in [1.82, 2.24) is 4.98 Å². The molecule has 1 heterocycles. The molecular weight excluding hydrogens is 254 g/mol. The van der Waals surface area contributed by atoms with Gasteiger partial charge in [0, 0.05) is 33.4 Å². The highest BCUT2D eigenvalue weighted by molar-refractivity contribution is 8.00. The van der Waals surface area contributed by atoms with Gasteiger partial charge in [-0.25, -0.2) is 0 Å². The Kier molecular flexibility index (Phi) is 4.26. The van der Waals surface area contributed by atoms with Crippen molar-refractivity contribution in [2.75, 3.05) is 6.61 Å². The van der Waals surface area contributed by atoms with Crippen LogP contribution in [0.5, 0.6) is 0 Å². The molecule has 0 saturated carbocycles. The van der Waals surface area contributed by atoms with E-state index >= 15 is 0 Å². The molecule has 0 spiro atoms. The summed E-state index contributed by atoms with van der Waals surface area (Å²) in [5.74, 6) is 0. The Labute approximate surface area is 110 Å². The monoisotopic (exact) mass is 267 g/mol. The van der Waals surface area contributed by atoms with Crippen LogP contribution in [0, 0.1) is 0 Å². The van der Waals surface area contributed by atoms with E-state index in [2.05, 4.69) is 11.9 Å². The average Bonchev–Trinajstić information content (AvgIpc) is 2.29. The van der Waals surface area contributed by atoms with Crippen molar-refractivity contribution in [3.63, 3.8) is 0 Å². The fraction of sp³-hybridized carbons (Fsp3) is 0.308. The zero-order chi connectivity index (χ0) is 12.3. The smallest absolute Gasteiger partial charge is 0.0728 e. The van der Waals surface area contributed by atoms with Gasteiger partial charge in [-0.3, -0.25) is 4.98 Å². The lowest BCUT2D eigenvalue weighted by atomic mass is 10.2. The van der Waals surface area contributed by atoms with E-state index in [1.165, 1.54) is 4.90 Å². The van der Waals surface area contributed by atoms with Crippen LogP contribution in [0.2, 0.25) is 5.02 Å². The van der Waals surface area contributed by atoms with Crippen LogP contribution in [0.15, 0.2) is 35.4 Å². The molecule has 0 fully saturated rings. The Morgan fingerprint density at radius 2 is 2.24 bits per heavy atom. The summed E-state index contributed by atoms with van der Waals surface area (Å²) in [4.78, 5) is 5.50. The molecule has 1 unspecified atom stereocenters. The van der Waals surface area contributed by atoms with Crippen LogP contribution in [-0.2, 0) is 0 Å². The van der Waals surface area contributed by atoms with Gasteiger partial charge in [0.2, 0.25) is 0 Å². The lowest BCUT2D eigenvalue weighted by Gasteiger charge is -2.11. The second kappa shape index (κ2) is 5.71. The average molecular weight is 268 g/mol. The summed E-state index contributed by atoms with van der Waals surface area (Å²) >= 11 is 7.71. The molecule has 0 saturated heterocycles. The van der Waals surface area contributed by atoms with Gasteiger partial charge in [-0.05, 0) is 24.6 Å². The van der Waals surface area contributed by atoms with Gasteiger partial charge in [-0.1, -0.05) is 24.6 Å². The predicted octanol–water partition coefficient (Wildman–Crippen LogP) is 3.75. The van der Waals surface area contributed by atoms with Gasteiger partial charge < -0.3 is 5.11 Å². The van der Waals surface area contributed by atoms with Crippen molar-refractivity contribution in [2.24, 2.45) is 0 Å². The molecule has 2 rings (SSSR count). The summed E-state index contributed by atoms with van der Waals surface area (Å²) in [7, 11) is 0. The van der Waals surface area contributed by atoms with E-state index in [0.29, 0.717) is 10.3 Å². The van der Waals surface area contributed by atoms with Crippen molar-refractivity contribution < 1.29 is 5.11 Å². The minimum absolute atomic E-state index is 0.225. The SMILES string of the molecule is CC(CCO)Sc1ccnc2cc(Cl)ccc12. The van der Waals surface area contributed by atoms with Gasteiger partial charge in [0.1, 0.15) is 0 Å². The molecule has 0 bridgehead atoms. The lowest BCUT2D eigenvalue weighted by molar-refractivity contribution is 0.289. The topological polar surface area (TPSA) is 33.1 Å². The molecule has 1 aromatic carbocycles. The Balaban J connectivity index is 2.34. The summed E-state index contributed by atoms with van der Waals surface area (Å²) in [6.07, 6.45) is 2.59. The Morgan fingerprint density at radius 1 is 1.41 bits per heavy atom. The van der Waals surface area contributed by atoms with Crippen LogP contribution >= 0.6 is 23.4 Å². The third kappa shape index (κ3) is 3.12. The first-order chi connectivity index (χ1) is 8.20. The number of hydrogen-bond donors (Lipinski definition) is 1. The Hall–Kier alpha value is -0.770. The molecule has 2 nitrogen and oxygen atoms in total. The number of thioether (sulfide) groups is 1. The molecule has 90 valence electrons. The lowest BCUT2D eigenvalue weighted by Crippen LogP contribution is -1.99. The Morgan fingerprint density at radius 3 is 3.00 bits per heavy atom. The zero-order valence-electron chi connectivity index (χ0n) is 9.56. The number of rotatable bonds is 4. The Bertz CT molecular complexity index is 518. The first-order valence-electron chi connectivity index (χ1n) is 5.52. The van der Waals surface area contributed by atoms with Crippen LogP contribution < -0.4 is 0 Å². The second-order valence-corrected chi connectivity index (χ2v) is 5.83. The normalized spacial score (nSPS) is 12.9. The molecule has 17 heavy (non-hydrogen) atoms. The van der Waals surface area contributed by atoms with E-state index in [4.69, 9.17) is 16.7 Å². The third-order valence-corrected chi connectivity index (χ3v) is 4.01. The van der Waals surface area contributed by atoms with Gasteiger partial charge in [0.25, 0.3) is 0 Å². The highest BCUT2D eigenvalue weighted by atomic mass is 35.5. The summed E-state index contributed by atoms with van der Waals surface area (Å²) in [6, 6.07) is 7.76. The quantitative estimate of drug-likeness (QED) is 0.857. The van der Waals surface area contributed by atoms with Gasteiger partial charge in [0.15, 0.2) is 0 Å². The number of nitrogens with zero attached hydrogens (tertiary/aromatic N) is 1. The maximum atomic E-state index is 8.92. The maximum absolute atomic E-state index is 8.92. The predicted molar refractivity (Wildman–Crippen MR) is 73.8 cm³/mol. The molecule has 4 heteroatoms. The molecule has 0 aliphatic rings. The van der Waals surface area contributed by atoms with E-state index in [1.807, 2.05) is 24.3 Å². The molecule has 0 amide bonds. The zero-order valence-corrected chi connectivity index (χ0v) is 11.1. The minimum atomic E-state index is 0.225. The van der Waals surface area contributed by atoms with E-state index in [1.54, 1.807) is 18.0 Å². The largest absolute Gasteiger partial charge is 0.396 e. The second-order valence-electron chi connectivity index (χ2n) is 3.91. The standard InChI is InChI=1S/C13H14ClNOS/c1-9(5-7-16)17-13-4-6-15-12-8-10(14)2-3-11(12)13/h2-4,6,8-9,16H,5,7H2,1H3. The summed E-state index contributed by atoms with van der Waals surface area (Å²) in [6.45, 7) is 2.34. The maximum Gasteiger partial charge on any atom is 0.0728 e. The van der Waals surface area contributed by atoms with Crippen molar-refractivity contribution in [2.45, 2.75) is 23.5 Å². The van der Waals surface area contributed by atoms with Crippen LogP contribution in [0.25, 0.3) is 10.9 Å². The number of aliphatic hydroxyl groups excluding tert-OH is 1. The number of pyridine rings is 1. The van der Waals surface area contributed by atoms with Crippen LogP contribution in [0.3, 0.4) is 0 Å². The minimum Gasteiger partial charge on any atom is -0.396 e. The number of fused-ring (bicyclic) bond motifs is 1. The molecule has 1 N–H and O–H groups in total. The van der Waals surface area contributed by atoms with Crippen LogP contribution in [0.1, 0.15) is 13.3 Å². The summed E-state index contributed by atoms with van der Waals surface area (Å²) < 4.78 is 0. The van der Waals surface area contributed by atoms with Gasteiger partial charge in [-0.2, -0.15) is 0 Å². The number of aliphatic hydroxyl groups is 1. The summed E-state index contributed by atoms with van der Waals surface area (Å²) in [5, 5.41) is 11.1. The number of aromatic nitrogens is 1. The molecule has 0 aliphatic carbocycles. The molecular formula is C13H14ClNOS. The van der Waals surface area contributed by atoms with E-state index in [0.717, 1.165) is 17.3 Å². The first kappa shape index (κ1) is 12.7. The molecule has 0 radical (unpaired) electrons. The van der Waals surface area contributed by atoms with Crippen LogP contribution in [-0.4, -0.2) is 21.9 Å². The molecule has 1 atom stereocenters. The molecule has 0 aliphatic heterocycles. The fourth-order valence-corrected chi connectivity index (χ4v) is 2.92.